The van der Waals surface area contributed by atoms with Gasteiger partial charge in [0.1, 0.15) is 0 Å². The normalized spacial score (nSPS) is 16.4. The molecule has 0 radical (unpaired) electrons. The summed E-state index contributed by atoms with van der Waals surface area (Å²) in [5.74, 6) is -1.06. The number of benzene rings is 1. The highest BCUT2D eigenvalue weighted by atomic mass is 32.1. The van der Waals surface area contributed by atoms with Crippen molar-refractivity contribution in [2.24, 2.45) is 0 Å². The predicted octanol–water partition coefficient (Wildman–Crippen LogP) is 2.08. The smallest absolute Gasteiger partial charge is 0.335 e. The highest BCUT2D eigenvalue weighted by Crippen LogP contribution is 2.34. The molecule has 1 aromatic heterocycles. The van der Waals surface area contributed by atoms with Gasteiger partial charge in [-0.1, -0.05) is 11.3 Å². The molecule has 0 saturated heterocycles. The second-order valence-corrected chi connectivity index (χ2v) is 6.18. The van der Waals surface area contributed by atoms with Crippen LogP contribution < -0.4 is 10.6 Å². The second kappa shape index (κ2) is 5.09. The Bertz CT molecular complexity index is 716. The Morgan fingerprint density at radius 2 is 2.14 bits per heavy atom. The minimum Gasteiger partial charge on any atom is -0.478 e. The van der Waals surface area contributed by atoms with Gasteiger partial charge in [-0.2, -0.15) is 0 Å². The molecule has 1 saturated carbocycles. The van der Waals surface area contributed by atoms with E-state index in [1.165, 1.54) is 23.5 Å². The zero-order chi connectivity index (χ0) is 15.0. The predicted molar refractivity (Wildman–Crippen MR) is 80.9 cm³/mol. The fraction of sp³-hybridized carbons (Fsp3) is 0.357. The SMILES string of the molecule is CNC1(C(=O)Nc2nc3cc(C(=O)O)ccc3s2)CCC1. The molecule has 2 aromatic rings. The number of carbonyl (C=O) groups is 2. The van der Waals surface area contributed by atoms with E-state index in [9.17, 15) is 9.59 Å². The number of likely N-dealkylation sites (N-methyl/N-ethyl adjacent to an activating group) is 1. The number of thiazole rings is 1. The van der Waals surface area contributed by atoms with Gasteiger partial charge >= 0.3 is 5.97 Å². The van der Waals surface area contributed by atoms with Gasteiger partial charge in [0.25, 0.3) is 0 Å². The van der Waals surface area contributed by atoms with Crippen LogP contribution in [0, 0.1) is 0 Å². The molecule has 3 rings (SSSR count). The van der Waals surface area contributed by atoms with Gasteiger partial charge in [-0.25, -0.2) is 9.78 Å². The lowest BCUT2D eigenvalue weighted by molar-refractivity contribution is -0.125. The number of amides is 1. The lowest BCUT2D eigenvalue weighted by Crippen LogP contribution is -2.58. The number of aromatic nitrogens is 1. The average molecular weight is 305 g/mol. The fourth-order valence-corrected chi connectivity index (χ4v) is 3.29. The number of aromatic carboxylic acids is 1. The first-order valence-electron chi connectivity index (χ1n) is 6.68. The summed E-state index contributed by atoms with van der Waals surface area (Å²) in [6.45, 7) is 0. The standard InChI is InChI=1S/C14H15N3O3S/c1-15-14(5-2-6-14)12(20)17-13-16-9-7-8(11(18)19)3-4-10(9)21-13/h3-4,7,15H,2,5-6H2,1H3,(H,18,19)(H,16,17,20). The van der Waals surface area contributed by atoms with Crippen LogP contribution in [0.15, 0.2) is 18.2 Å². The maximum absolute atomic E-state index is 12.3. The number of carboxylic acid groups (broad SMARTS) is 1. The summed E-state index contributed by atoms with van der Waals surface area (Å²) in [5.41, 5.74) is 0.294. The van der Waals surface area contributed by atoms with E-state index >= 15 is 0 Å². The average Bonchev–Trinajstić information content (AvgIpc) is 2.78. The summed E-state index contributed by atoms with van der Waals surface area (Å²) in [5, 5.41) is 15.4. The summed E-state index contributed by atoms with van der Waals surface area (Å²) in [4.78, 5) is 27.5. The van der Waals surface area contributed by atoms with Crippen molar-refractivity contribution in [2.45, 2.75) is 24.8 Å². The molecule has 6 nitrogen and oxygen atoms in total. The molecule has 1 aliphatic carbocycles. The molecule has 0 aliphatic heterocycles. The lowest BCUT2D eigenvalue weighted by Gasteiger charge is -2.39. The van der Waals surface area contributed by atoms with Crippen molar-refractivity contribution >= 4 is 38.6 Å². The summed E-state index contributed by atoms with van der Waals surface area (Å²) in [6, 6.07) is 4.76. The number of anilines is 1. The molecule has 7 heteroatoms. The first-order valence-corrected chi connectivity index (χ1v) is 7.50. The molecule has 0 atom stereocenters. The largest absolute Gasteiger partial charge is 0.478 e. The zero-order valence-electron chi connectivity index (χ0n) is 11.5. The molecule has 0 bridgehead atoms. The van der Waals surface area contributed by atoms with Crippen LogP contribution in [0.4, 0.5) is 5.13 Å². The van der Waals surface area contributed by atoms with Crippen molar-refractivity contribution in [3.63, 3.8) is 0 Å². The third-order valence-corrected chi connectivity index (χ3v) is 4.93. The monoisotopic (exact) mass is 305 g/mol. The van der Waals surface area contributed by atoms with Crippen molar-refractivity contribution in [2.75, 3.05) is 12.4 Å². The molecule has 110 valence electrons. The molecule has 0 spiro atoms. The van der Waals surface area contributed by atoms with Crippen LogP contribution in [-0.4, -0.2) is 34.6 Å². The minimum absolute atomic E-state index is 0.0752. The maximum atomic E-state index is 12.3. The van der Waals surface area contributed by atoms with Gasteiger partial charge < -0.3 is 15.7 Å². The topological polar surface area (TPSA) is 91.3 Å². The number of hydrogen-bond donors (Lipinski definition) is 3. The Kier molecular flexibility index (Phi) is 3.38. The lowest BCUT2D eigenvalue weighted by atomic mass is 9.76. The molecule has 0 unspecified atom stereocenters. The molecule has 1 heterocycles. The van der Waals surface area contributed by atoms with E-state index in [4.69, 9.17) is 5.11 Å². The Labute approximate surface area is 125 Å². The van der Waals surface area contributed by atoms with E-state index in [0.717, 1.165) is 24.0 Å². The van der Waals surface area contributed by atoms with Gasteiger partial charge in [-0.05, 0) is 44.5 Å². The van der Waals surface area contributed by atoms with Crippen molar-refractivity contribution in [3.8, 4) is 0 Å². The molecule has 1 fully saturated rings. The molecule has 1 amide bonds. The number of nitrogens with one attached hydrogen (secondary N) is 2. The Morgan fingerprint density at radius 1 is 1.38 bits per heavy atom. The van der Waals surface area contributed by atoms with E-state index < -0.39 is 11.5 Å². The van der Waals surface area contributed by atoms with Gasteiger partial charge in [0.15, 0.2) is 5.13 Å². The molecule has 3 N–H and O–H groups in total. The van der Waals surface area contributed by atoms with E-state index in [0.29, 0.717) is 10.6 Å². The van der Waals surface area contributed by atoms with Crippen LogP contribution >= 0.6 is 11.3 Å². The molecule has 1 aliphatic rings. The van der Waals surface area contributed by atoms with Crippen LogP contribution in [-0.2, 0) is 4.79 Å². The number of nitrogens with zero attached hydrogens (tertiary/aromatic N) is 1. The van der Waals surface area contributed by atoms with Crippen molar-refractivity contribution in [1.29, 1.82) is 0 Å². The first-order chi connectivity index (χ1) is 10.0. The molecular weight excluding hydrogens is 290 g/mol. The van der Waals surface area contributed by atoms with Gasteiger partial charge in [-0.15, -0.1) is 0 Å². The minimum atomic E-state index is -0.987. The maximum Gasteiger partial charge on any atom is 0.335 e. The fourth-order valence-electron chi connectivity index (χ4n) is 2.45. The van der Waals surface area contributed by atoms with E-state index in [-0.39, 0.29) is 11.5 Å². The van der Waals surface area contributed by atoms with Gasteiger partial charge in [-0.3, -0.25) is 4.79 Å². The molecule has 21 heavy (non-hydrogen) atoms. The molecule has 1 aromatic carbocycles. The highest BCUT2D eigenvalue weighted by molar-refractivity contribution is 7.22. The molecular formula is C14H15N3O3S. The Balaban J connectivity index is 1.84. The van der Waals surface area contributed by atoms with Gasteiger partial charge in [0.05, 0.1) is 21.3 Å². The van der Waals surface area contributed by atoms with Crippen LogP contribution in [0.25, 0.3) is 10.2 Å². The highest BCUT2D eigenvalue weighted by Gasteiger charge is 2.42. The van der Waals surface area contributed by atoms with Crippen molar-refractivity contribution < 1.29 is 14.7 Å². The third kappa shape index (κ3) is 2.38. The summed E-state index contributed by atoms with van der Waals surface area (Å²) >= 11 is 1.34. The summed E-state index contributed by atoms with van der Waals surface area (Å²) in [7, 11) is 1.79. The van der Waals surface area contributed by atoms with Crippen LogP contribution in [0.1, 0.15) is 29.6 Å². The van der Waals surface area contributed by atoms with Crippen LogP contribution in [0.5, 0.6) is 0 Å². The van der Waals surface area contributed by atoms with Crippen LogP contribution in [0.3, 0.4) is 0 Å². The van der Waals surface area contributed by atoms with Crippen molar-refractivity contribution in [1.82, 2.24) is 10.3 Å². The number of hydrogen-bond acceptors (Lipinski definition) is 5. The van der Waals surface area contributed by atoms with E-state index in [1.807, 2.05) is 0 Å². The number of fused-ring (bicyclic) bond motifs is 1. The Morgan fingerprint density at radius 3 is 2.71 bits per heavy atom. The van der Waals surface area contributed by atoms with Crippen molar-refractivity contribution in [3.05, 3.63) is 23.8 Å². The summed E-state index contributed by atoms with van der Waals surface area (Å²) in [6.07, 6.45) is 2.68. The number of carboxylic acids is 1. The van der Waals surface area contributed by atoms with E-state index in [1.54, 1.807) is 13.1 Å². The van der Waals surface area contributed by atoms with Gasteiger partial charge in [0, 0.05) is 0 Å². The Hall–Kier alpha value is -1.99. The van der Waals surface area contributed by atoms with Crippen LogP contribution in [0.2, 0.25) is 0 Å². The summed E-state index contributed by atoms with van der Waals surface area (Å²) < 4.78 is 0.849. The number of carbonyl (C=O) groups excluding carboxylic acids is 1. The first kappa shape index (κ1) is 14.0. The number of rotatable bonds is 4. The zero-order valence-corrected chi connectivity index (χ0v) is 12.3. The third-order valence-electron chi connectivity index (χ3n) is 3.98. The van der Waals surface area contributed by atoms with E-state index in [2.05, 4.69) is 15.6 Å². The second-order valence-electron chi connectivity index (χ2n) is 5.15. The quantitative estimate of drug-likeness (QED) is 0.804. The van der Waals surface area contributed by atoms with Gasteiger partial charge in [0.2, 0.25) is 5.91 Å².